The monoisotopic (exact) mass is 533 g/mol. The van der Waals surface area contributed by atoms with Crippen LogP contribution in [0.1, 0.15) is 23.0 Å². The second-order valence-corrected chi connectivity index (χ2v) is 8.15. The van der Waals surface area contributed by atoms with Crippen molar-refractivity contribution >= 4 is 31.9 Å². The molecule has 0 amide bonds. The predicted octanol–water partition coefficient (Wildman–Crippen LogP) is 2.25. The fourth-order valence-corrected chi connectivity index (χ4v) is 4.44. The fraction of sp³-hybridized carbons (Fsp3) is 0.158. The molecule has 1 atom stereocenters. The van der Waals surface area contributed by atoms with E-state index in [9.17, 15) is 14.7 Å². The quantitative estimate of drug-likeness (QED) is 0.469. The topological polar surface area (TPSA) is 133 Å². The smallest absolute Gasteiger partial charge is 0.349 e. The summed E-state index contributed by atoms with van der Waals surface area (Å²) in [7, 11) is 0. The third-order valence-electron chi connectivity index (χ3n) is 4.52. The molecule has 3 N–H and O–H groups in total. The predicted molar refractivity (Wildman–Crippen MR) is 114 cm³/mol. The van der Waals surface area contributed by atoms with Crippen molar-refractivity contribution in [3.63, 3.8) is 0 Å². The minimum absolute atomic E-state index is 0.318. The maximum Gasteiger partial charge on any atom is 0.349 e. The van der Waals surface area contributed by atoms with Crippen LogP contribution < -0.4 is 21.3 Å². The maximum absolute atomic E-state index is 12.1. The van der Waals surface area contributed by atoms with E-state index in [0.29, 0.717) is 32.7 Å². The number of nitrogens with one attached hydrogen (secondary N) is 2. The minimum atomic E-state index is -0.843. The van der Waals surface area contributed by atoms with E-state index in [0.717, 1.165) is 22.2 Å². The second-order valence-electron chi connectivity index (χ2n) is 6.44. The van der Waals surface area contributed by atoms with Gasteiger partial charge in [-0.15, -0.1) is 5.10 Å². The molecule has 1 unspecified atom stereocenters. The average Bonchev–Trinajstić information content (AvgIpc) is 2.71. The highest BCUT2D eigenvalue weighted by atomic mass is 79.9. The summed E-state index contributed by atoms with van der Waals surface area (Å²) in [5.41, 5.74) is 0.0961. The van der Waals surface area contributed by atoms with Gasteiger partial charge in [0.25, 0.3) is 5.56 Å². The molecular formula is C19H13Br2N5O4. The number of halogens is 2. The molecule has 30 heavy (non-hydrogen) atoms. The van der Waals surface area contributed by atoms with Crippen LogP contribution in [0.4, 0.5) is 0 Å². The van der Waals surface area contributed by atoms with Crippen LogP contribution in [0.2, 0.25) is 0 Å². The Balaban J connectivity index is 1.70. The lowest BCUT2D eigenvalue weighted by Gasteiger charge is -2.23. The standard InChI is InChI=1S/C19H13Br2N5O4/c20-13-6-10(26-19(29)24-18(28)15(8-22)25-26)7-14(21)16(13)30-11-1-2-12-9(5-11)3-4-23-17(12)27/h1-2,5-7,17,23,27H,3-4H2,(H,24,28,29). The first-order valence-electron chi connectivity index (χ1n) is 8.72. The van der Waals surface area contributed by atoms with Crippen molar-refractivity contribution < 1.29 is 9.84 Å². The van der Waals surface area contributed by atoms with Crippen LogP contribution in [0.25, 0.3) is 5.69 Å². The number of nitrogens with zero attached hydrogens (tertiary/aromatic N) is 3. The largest absolute Gasteiger partial charge is 0.455 e. The van der Waals surface area contributed by atoms with E-state index >= 15 is 0 Å². The van der Waals surface area contributed by atoms with Crippen LogP contribution in [0.3, 0.4) is 0 Å². The summed E-state index contributed by atoms with van der Waals surface area (Å²) in [5, 5.41) is 25.8. The second kappa shape index (κ2) is 8.16. The summed E-state index contributed by atoms with van der Waals surface area (Å²) in [6, 6.07) is 10.3. The molecule has 1 aliphatic rings. The first-order valence-corrected chi connectivity index (χ1v) is 10.3. The first-order chi connectivity index (χ1) is 14.4. The molecule has 9 nitrogen and oxygen atoms in total. The van der Waals surface area contributed by atoms with Gasteiger partial charge in [-0.2, -0.15) is 9.94 Å². The van der Waals surface area contributed by atoms with Crippen LogP contribution in [-0.2, 0) is 6.42 Å². The van der Waals surface area contributed by atoms with Crippen LogP contribution in [0.5, 0.6) is 11.5 Å². The Morgan fingerprint density at radius 2 is 1.97 bits per heavy atom. The molecule has 2 aromatic carbocycles. The average molecular weight is 535 g/mol. The number of ether oxygens (including phenoxy) is 1. The van der Waals surface area contributed by atoms with Gasteiger partial charge >= 0.3 is 5.69 Å². The Hall–Kier alpha value is -2.78. The van der Waals surface area contributed by atoms with Crippen LogP contribution in [0.15, 0.2) is 48.9 Å². The zero-order chi connectivity index (χ0) is 21.4. The van der Waals surface area contributed by atoms with E-state index < -0.39 is 23.2 Å². The van der Waals surface area contributed by atoms with Gasteiger partial charge in [-0.05, 0) is 73.7 Å². The molecule has 1 aliphatic heterocycles. The van der Waals surface area contributed by atoms with Crippen molar-refractivity contribution in [3.05, 3.63) is 76.9 Å². The van der Waals surface area contributed by atoms with Gasteiger partial charge in [-0.3, -0.25) is 15.1 Å². The van der Waals surface area contributed by atoms with Crippen molar-refractivity contribution in [1.29, 1.82) is 5.26 Å². The third kappa shape index (κ3) is 3.82. The number of aromatic nitrogens is 3. The van der Waals surface area contributed by atoms with E-state index in [1.54, 1.807) is 24.3 Å². The summed E-state index contributed by atoms with van der Waals surface area (Å²) < 4.78 is 7.97. The molecule has 152 valence electrons. The van der Waals surface area contributed by atoms with E-state index in [4.69, 9.17) is 10.00 Å². The SMILES string of the molecule is N#Cc1nn(-c2cc(Br)c(Oc3ccc4c(c3)CCNC4O)c(Br)c2)c(=O)[nH]c1=O. The number of hydrogen-bond donors (Lipinski definition) is 3. The molecule has 0 fully saturated rings. The van der Waals surface area contributed by atoms with Gasteiger partial charge in [0.05, 0.1) is 14.6 Å². The van der Waals surface area contributed by atoms with Crippen molar-refractivity contribution in [1.82, 2.24) is 20.1 Å². The fourth-order valence-electron chi connectivity index (χ4n) is 3.11. The number of benzene rings is 2. The lowest BCUT2D eigenvalue weighted by Crippen LogP contribution is -2.33. The third-order valence-corrected chi connectivity index (χ3v) is 5.70. The maximum atomic E-state index is 12.1. The Bertz CT molecular complexity index is 1290. The van der Waals surface area contributed by atoms with Crippen molar-refractivity contribution in [2.75, 3.05) is 6.54 Å². The van der Waals surface area contributed by atoms with E-state index in [-0.39, 0.29) is 0 Å². The van der Waals surface area contributed by atoms with Crippen molar-refractivity contribution in [3.8, 4) is 23.3 Å². The van der Waals surface area contributed by atoms with E-state index in [2.05, 4.69) is 47.3 Å². The zero-order valence-electron chi connectivity index (χ0n) is 15.1. The normalized spacial score (nSPS) is 15.3. The molecule has 0 aliphatic carbocycles. The Morgan fingerprint density at radius 3 is 2.67 bits per heavy atom. The number of aliphatic hydroxyl groups is 1. The first kappa shape index (κ1) is 20.5. The molecule has 0 radical (unpaired) electrons. The van der Waals surface area contributed by atoms with Gasteiger partial charge in [-0.1, -0.05) is 6.07 Å². The Morgan fingerprint density at radius 1 is 1.23 bits per heavy atom. The highest BCUT2D eigenvalue weighted by Gasteiger charge is 2.19. The number of fused-ring (bicyclic) bond motifs is 1. The number of nitriles is 1. The summed E-state index contributed by atoms with van der Waals surface area (Å²) >= 11 is 6.85. The molecular weight excluding hydrogens is 522 g/mol. The highest BCUT2D eigenvalue weighted by Crippen LogP contribution is 2.39. The molecule has 0 bridgehead atoms. The van der Waals surface area contributed by atoms with Gasteiger partial charge in [0.15, 0.2) is 5.75 Å². The molecule has 4 rings (SSSR count). The van der Waals surface area contributed by atoms with Crippen LogP contribution >= 0.6 is 31.9 Å². The van der Waals surface area contributed by atoms with Gasteiger partial charge in [-0.25, -0.2) is 4.79 Å². The highest BCUT2D eigenvalue weighted by molar-refractivity contribution is 9.11. The van der Waals surface area contributed by atoms with Gasteiger partial charge < -0.3 is 9.84 Å². The molecule has 0 spiro atoms. The van der Waals surface area contributed by atoms with Crippen LogP contribution in [0, 0.1) is 11.3 Å². The Kier molecular flexibility index (Phi) is 5.57. The molecule has 2 heterocycles. The lowest BCUT2D eigenvalue weighted by atomic mass is 9.99. The number of H-pyrrole nitrogens is 1. The summed E-state index contributed by atoms with van der Waals surface area (Å²) in [5.74, 6) is 1.05. The number of hydrogen-bond acceptors (Lipinski definition) is 7. The van der Waals surface area contributed by atoms with E-state index in [1.807, 2.05) is 12.1 Å². The van der Waals surface area contributed by atoms with Crippen molar-refractivity contribution in [2.45, 2.75) is 12.6 Å². The molecule has 3 aromatic rings. The van der Waals surface area contributed by atoms with Gasteiger partial charge in [0.2, 0.25) is 5.69 Å². The molecule has 0 saturated carbocycles. The molecule has 0 saturated heterocycles. The summed E-state index contributed by atoms with van der Waals surface area (Å²) in [6.45, 7) is 0.672. The van der Waals surface area contributed by atoms with Crippen LogP contribution in [-0.4, -0.2) is 26.4 Å². The zero-order valence-corrected chi connectivity index (χ0v) is 18.3. The summed E-state index contributed by atoms with van der Waals surface area (Å²) in [4.78, 5) is 25.7. The number of rotatable bonds is 3. The molecule has 11 heteroatoms. The van der Waals surface area contributed by atoms with E-state index in [1.165, 1.54) is 0 Å². The number of aromatic amines is 1. The minimum Gasteiger partial charge on any atom is -0.455 e. The summed E-state index contributed by atoms with van der Waals surface area (Å²) in [6.07, 6.45) is 0.0781. The molecule has 1 aromatic heterocycles. The lowest BCUT2D eigenvalue weighted by molar-refractivity contribution is 0.132. The van der Waals surface area contributed by atoms with Crippen molar-refractivity contribution in [2.24, 2.45) is 0 Å². The van der Waals surface area contributed by atoms with Gasteiger partial charge in [0.1, 0.15) is 18.0 Å². The van der Waals surface area contributed by atoms with Gasteiger partial charge in [0, 0.05) is 6.54 Å². The Labute approximate surface area is 186 Å². The number of aliphatic hydroxyl groups excluding tert-OH is 1.